The van der Waals surface area contributed by atoms with Crippen LogP contribution < -0.4 is 5.73 Å². The van der Waals surface area contributed by atoms with Gasteiger partial charge in [-0.2, -0.15) is 0 Å². The number of nitrogens with zero attached hydrogens (tertiary/aromatic N) is 2. The fourth-order valence-electron chi connectivity index (χ4n) is 2.00. The Kier molecular flexibility index (Phi) is 3.54. The Hall–Kier alpha value is -2.46. The summed E-state index contributed by atoms with van der Waals surface area (Å²) in [6.45, 7) is 0. The zero-order chi connectivity index (χ0) is 14.8. The highest BCUT2D eigenvalue weighted by atomic mass is 35.5. The van der Waals surface area contributed by atoms with Crippen molar-refractivity contribution in [1.29, 1.82) is 0 Å². The highest BCUT2D eigenvalue weighted by Crippen LogP contribution is 2.25. The Morgan fingerprint density at radius 1 is 0.810 bits per heavy atom. The van der Waals surface area contributed by atoms with E-state index in [-0.39, 0.29) is 11.8 Å². The third-order valence-electron chi connectivity index (χ3n) is 3.02. The van der Waals surface area contributed by atoms with Crippen LogP contribution in [0.4, 0.5) is 10.3 Å². The van der Waals surface area contributed by atoms with Crippen molar-refractivity contribution in [3.63, 3.8) is 0 Å². The smallest absolute Gasteiger partial charge is 0.221 e. The van der Waals surface area contributed by atoms with Gasteiger partial charge in [-0.3, -0.25) is 0 Å². The Morgan fingerprint density at radius 3 is 1.81 bits per heavy atom. The molecule has 2 N–H and O–H groups in total. The molecule has 3 aromatic rings. The van der Waals surface area contributed by atoms with Crippen LogP contribution in [0, 0.1) is 5.82 Å². The van der Waals surface area contributed by atoms with E-state index in [1.54, 1.807) is 24.3 Å². The van der Waals surface area contributed by atoms with Crippen LogP contribution in [-0.2, 0) is 0 Å². The topological polar surface area (TPSA) is 51.8 Å². The van der Waals surface area contributed by atoms with Crippen molar-refractivity contribution in [3.8, 4) is 22.5 Å². The van der Waals surface area contributed by atoms with Crippen LogP contribution in [0.15, 0.2) is 54.6 Å². The van der Waals surface area contributed by atoms with E-state index >= 15 is 0 Å². The van der Waals surface area contributed by atoms with E-state index in [2.05, 4.69) is 9.97 Å². The second-order valence-electron chi connectivity index (χ2n) is 4.51. The zero-order valence-corrected chi connectivity index (χ0v) is 11.7. The van der Waals surface area contributed by atoms with Crippen LogP contribution in [0.3, 0.4) is 0 Å². The van der Waals surface area contributed by atoms with Crippen molar-refractivity contribution in [3.05, 3.63) is 65.4 Å². The predicted molar refractivity (Wildman–Crippen MR) is 82.3 cm³/mol. The number of nitrogens with two attached hydrogens (primary N) is 1. The molecule has 5 heteroatoms. The molecule has 1 heterocycles. The lowest BCUT2D eigenvalue weighted by molar-refractivity contribution is 0.628. The van der Waals surface area contributed by atoms with Crippen LogP contribution in [0.1, 0.15) is 0 Å². The Balaban J connectivity index is 2.07. The second kappa shape index (κ2) is 5.50. The number of hydrogen-bond acceptors (Lipinski definition) is 3. The van der Waals surface area contributed by atoms with Gasteiger partial charge >= 0.3 is 0 Å². The molecule has 3 nitrogen and oxygen atoms in total. The third-order valence-corrected chi connectivity index (χ3v) is 3.28. The summed E-state index contributed by atoms with van der Waals surface area (Å²) in [7, 11) is 0. The van der Waals surface area contributed by atoms with Crippen LogP contribution >= 0.6 is 11.6 Å². The number of rotatable bonds is 2. The molecule has 0 aliphatic carbocycles. The molecule has 21 heavy (non-hydrogen) atoms. The number of anilines is 1. The monoisotopic (exact) mass is 299 g/mol. The molecule has 2 aromatic carbocycles. The second-order valence-corrected chi connectivity index (χ2v) is 4.95. The van der Waals surface area contributed by atoms with Crippen LogP contribution in [0.2, 0.25) is 5.02 Å². The molecule has 1 aromatic heterocycles. The molecule has 0 amide bonds. The number of benzene rings is 2. The van der Waals surface area contributed by atoms with Gasteiger partial charge < -0.3 is 5.73 Å². The molecular formula is C16H11ClFN3. The first kappa shape index (κ1) is 13.5. The first-order valence-corrected chi connectivity index (χ1v) is 6.66. The van der Waals surface area contributed by atoms with Gasteiger partial charge in [0.1, 0.15) is 5.82 Å². The molecule has 3 rings (SSSR count). The fourth-order valence-corrected chi connectivity index (χ4v) is 2.13. The van der Waals surface area contributed by atoms with E-state index in [1.165, 1.54) is 12.1 Å². The van der Waals surface area contributed by atoms with Gasteiger partial charge in [-0.1, -0.05) is 23.7 Å². The summed E-state index contributed by atoms with van der Waals surface area (Å²) in [5.41, 5.74) is 8.77. The Labute approximate surface area is 126 Å². The number of halogens is 2. The van der Waals surface area contributed by atoms with E-state index in [9.17, 15) is 4.39 Å². The minimum Gasteiger partial charge on any atom is -0.368 e. The maximum atomic E-state index is 13.0. The van der Waals surface area contributed by atoms with E-state index < -0.39 is 0 Å². The van der Waals surface area contributed by atoms with E-state index in [0.29, 0.717) is 16.4 Å². The Bertz CT molecular complexity index is 707. The lowest BCUT2D eigenvalue weighted by Crippen LogP contribution is -1.98. The van der Waals surface area contributed by atoms with Gasteiger partial charge in [-0.25, -0.2) is 14.4 Å². The molecule has 104 valence electrons. The van der Waals surface area contributed by atoms with Crippen molar-refractivity contribution >= 4 is 17.5 Å². The first-order valence-electron chi connectivity index (χ1n) is 6.28. The predicted octanol–water partition coefficient (Wildman–Crippen LogP) is 4.19. The molecule has 0 atom stereocenters. The highest BCUT2D eigenvalue weighted by molar-refractivity contribution is 6.30. The van der Waals surface area contributed by atoms with Crippen LogP contribution in [0.5, 0.6) is 0 Å². The summed E-state index contributed by atoms with van der Waals surface area (Å²) in [6, 6.07) is 15.2. The largest absolute Gasteiger partial charge is 0.368 e. The average molecular weight is 300 g/mol. The lowest BCUT2D eigenvalue weighted by atomic mass is 10.1. The molecule has 0 saturated heterocycles. The molecule has 0 spiro atoms. The quantitative estimate of drug-likeness (QED) is 0.772. The number of nitrogen functional groups attached to an aromatic ring is 1. The van der Waals surface area contributed by atoms with Gasteiger partial charge in [0.05, 0.1) is 11.4 Å². The van der Waals surface area contributed by atoms with Crippen molar-refractivity contribution in [2.75, 3.05) is 5.73 Å². The molecular weight excluding hydrogens is 289 g/mol. The number of hydrogen-bond donors (Lipinski definition) is 1. The summed E-state index contributed by atoms with van der Waals surface area (Å²) in [5, 5.41) is 0.652. The van der Waals surface area contributed by atoms with Crippen molar-refractivity contribution < 1.29 is 4.39 Å². The maximum Gasteiger partial charge on any atom is 0.221 e. The lowest BCUT2D eigenvalue weighted by Gasteiger charge is -2.06. The molecule has 0 aliphatic rings. The van der Waals surface area contributed by atoms with Crippen molar-refractivity contribution in [2.45, 2.75) is 0 Å². The third kappa shape index (κ3) is 3.01. The van der Waals surface area contributed by atoms with Gasteiger partial charge in [-0.15, -0.1) is 0 Å². The maximum absolute atomic E-state index is 13.0. The summed E-state index contributed by atoms with van der Waals surface area (Å²) < 4.78 is 13.0. The Morgan fingerprint density at radius 2 is 1.29 bits per heavy atom. The van der Waals surface area contributed by atoms with Gasteiger partial charge in [0, 0.05) is 16.1 Å². The average Bonchev–Trinajstić information content (AvgIpc) is 2.48. The van der Waals surface area contributed by atoms with Crippen LogP contribution in [-0.4, -0.2) is 9.97 Å². The normalized spacial score (nSPS) is 10.6. The van der Waals surface area contributed by atoms with Gasteiger partial charge in [-0.05, 0) is 42.5 Å². The van der Waals surface area contributed by atoms with E-state index in [4.69, 9.17) is 17.3 Å². The van der Waals surface area contributed by atoms with Crippen LogP contribution in [0.25, 0.3) is 22.5 Å². The minimum absolute atomic E-state index is 0.168. The fraction of sp³-hybridized carbons (Fsp3) is 0. The van der Waals surface area contributed by atoms with Gasteiger partial charge in [0.25, 0.3) is 0 Å². The zero-order valence-electron chi connectivity index (χ0n) is 10.9. The van der Waals surface area contributed by atoms with E-state index in [0.717, 1.165) is 11.1 Å². The molecule has 0 radical (unpaired) electrons. The van der Waals surface area contributed by atoms with Gasteiger partial charge in [0.2, 0.25) is 5.95 Å². The molecule has 0 unspecified atom stereocenters. The minimum atomic E-state index is -0.293. The molecule has 0 fully saturated rings. The highest BCUT2D eigenvalue weighted by Gasteiger charge is 2.07. The summed E-state index contributed by atoms with van der Waals surface area (Å²) in [6.07, 6.45) is 0. The number of aromatic nitrogens is 2. The van der Waals surface area contributed by atoms with Gasteiger partial charge in [0.15, 0.2) is 0 Å². The molecule has 0 bridgehead atoms. The molecule has 0 aliphatic heterocycles. The van der Waals surface area contributed by atoms with E-state index in [1.807, 2.05) is 18.2 Å². The standard InChI is InChI=1S/C16H11ClFN3/c17-12-5-1-10(2-6-12)14-9-15(21-16(19)20-14)11-3-7-13(18)8-4-11/h1-9H,(H2,19,20,21). The first-order chi connectivity index (χ1) is 10.1. The SMILES string of the molecule is Nc1nc(-c2ccc(F)cc2)cc(-c2ccc(Cl)cc2)n1. The summed E-state index contributed by atoms with van der Waals surface area (Å²) in [4.78, 5) is 8.42. The molecule has 0 saturated carbocycles. The van der Waals surface area contributed by atoms with Crippen molar-refractivity contribution in [2.24, 2.45) is 0 Å². The summed E-state index contributed by atoms with van der Waals surface area (Å²) >= 11 is 5.88. The van der Waals surface area contributed by atoms with Crippen molar-refractivity contribution in [1.82, 2.24) is 9.97 Å². The summed E-state index contributed by atoms with van der Waals surface area (Å²) in [5.74, 6) is -0.125.